The highest BCUT2D eigenvalue weighted by atomic mass is 79.9. The van der Waals surface area contributed by atoms with E-state index in [1.807, 2.05) is 17.5 Å². The number of rotatable bonds is 8. The van der Waals surface area contributed by atoms with Gasteiger partial charge >= 0.3 is 0 Å². The van der Waals surface area contributed by atoms with Gasteiger partial charge in [0.05, 0.1) is 10.4 Å². The van der Waals surface area contributed by atoms with Gasteiger partial charge in [-0.3, -0.25) is 4.79 Å². The van der Waals surface area contributed by atoms with Crippen LogP contribution in [-0.4, -0.2) is 22.6 Å². The Hall–Kier alpha value is -2.06. The minimum atomic E-state index is -0.533. The third-order valence-corrected chi connectivity index (χ3v) is 5.10. The van der Waals surface area contributed by atoms with Gasteiger partial charge in [0, 0.05) is 17.4 Å². The molecule has 1 amide bonds. The summed E-state index contributed by atoms with van der Waals surface area (Å²) in [5, 5.41) is 8.68. The molecule has 1 aromatic carbocycles. The number of benzene rings is 1. The van der Waals surface area contributed by atoms with Crippen molar-refractivity contribution < 1.29 is 13.7 Å². The summed E-state index contributed by atoms with van der Waals surface area (Å²) in [6.45, 7) is 0.499. The molecule has 0 spiro atoms. The van der Waals surface area contributed by atoms with E-state index in [1.165, 1.54) is 12.1 Å². The van der Waals surface area contributed by atoms with Crippen molar-refractivity contribution in [2.24, 2.45) is 0 Å². The van der Waals surface area contributed by atoms with Crippen molar-refractivity contribution in [2.45, 2.75) is 25.7 Å². The first-order valence-corrected chi connectivity index (χ1v) is 9.90. The Morgan fingerprint density at radius 2 is 2.15 bits per heavy atom. The van der Waals surface area contributed by atoms with E-state index in [-0.39, 0.29) is 5.56 Å². The second-order valence-electron chi connectivity index (χ2n) is 5.68. The van der Waals surface area contributed by atoms with Gasteiger partial charge in [-0.25, -0.2) is 4.39 Å². The number of thiophene rings is 1. The Balaban J connectivity index is 1.35. The predicted molar refractivity (Wildman–Crippen MR) is 102 cm³/mol. The first kappa shape index (κ1) is 18.7. The maximum absolute atomic E-state index is 13.7. The molecule has 8 heteroatoms. The van der Waals surface area contributed by atoms with Crippen molar-refractivity contribution in [2.75, 3.05) is 6.54 Å². The lowest BCUT2D eigenvalue weighted by molar-refractivity contribution is 0.0949. The third kappa shape index (κ3) is 4.98. The van der Waals surface area contributed by atoms with Crippen LogP contribution in [-0.2, 0) is 6.42 Å². The van der Waals surface area contributed by atoms with Crippen LogP contribution in [0.15, 0.2) is 44.7 Å². The molecule has 0 fully saturated rings. The lowest BCUT2D eigenvalue weighted by Crippen LogP contribution is -2.25. The number of aryl methyl sites for hydroxylation is 1. The summed E-state index contributed by atoms with van der Waals surface area (Å²) in [7, 11) is 0. The summed E-state index contributed by atoms with van der Waals surface area (Å²) in [5.41, 5.74) is 0.0557. The van der Waals surface area contributed by atoms with E-state index in [2.05, 4.69) is 31.4 Å². The van der Waals surface area contributed by atoms with Crippen LogP contribution in [0.1, 0.15) is 35.5 Å². The van der Waals surface area contributed by atoms with Gasteiger partial charge in [0.2, 0.25) is 11.7 Å². The van der Waals surface area contributed by atoms with Crippen LogP contribution in [0.3, 0.4) is 0 Å². The number of aromatic nitrogens is 2. The number of nitrogens with zero attached hydrogens (tertiary/aromatic N) is 2. The SMILES string of the molecule is O=C(NCCCCCc1nc(-c2cccs2)no1)c1ccc(Br)cc1F. The average molecular weight is 438 g/mol. The Bertz CT molecular complexity index is 867. The maximum atomic E-state index is 13.7. The minimum Gasteiger partial charge on any atom is -0.352 e. The summed E-state index contributed by atoms with van der Waals surface area (Å²) < 4.78 is 19.6. The Kier molecular flexibility index (Phi) is 6.51. The Labute approximate surface area is 162 Å². The van der Waals surface area contributed by atoms with E-state index in [9.17, 15) is 9.18 Å². The highest BCUT2D eigenvalue weighted by Gasteiger charge is 2.11. The number of hydrogen-bond donors (Lipinski definition) is 1. The fourth-order valence-electron chi connectivity index (χ4n) is 2.41. The predicted octanol–water partition coefficient (Wildman–Crippen LogP) is 4.84. The number of carbonyl (C=O) groups is 1. The molecule has 2 aromatic heterocycles. The first-order chi connectivity index (χ1) is 12.6. The molecule has 0 saturated heterocycles. The van der Waals surface area contributed by atoms with Crippen molar-refractivity contribution in [3.05, 3.63) is 57.5 Å². The molecular formula is C18H17BrFN3O2S. The van der Waals surface area contributed by atoms with Gasteiger partial charge in [0.1, 0.15) is 5.82 Å². The summed E-state index contributed by atoms with van der Waals surface area (Å²) in [6, 6.07) is 8.30. The van der Waals surface area contributed by atoms with E-state index in [4.69, 9.17) is 4.52 Å². The average Bonchev–Trinajstić information content (AvgIpc) is 3.29. The van der Waals surface area contributed by atoms with E-state index in [0.29, 0.717) is 29.2 Å². The van der Waals surface area contributed by atoms with Crippen molar-refractivity contribution in [3.63, 3.8) is 0 Å². The van der Waals surface area contributed by atoms with Gasteiger partial charge < -0.3 is 9.84 Å². The second kappa shape index (κ2) is 9.05. The molecule has 26 heavy (non-hydrogen) atoms. The second-order valence-corrected chi connectivity index (χ2v) is 7.54. The molecule has 3 aromatic rings. The largest absolute Gasteiger partial charge is 0.352 e. The van der Waals surface area contributed by atoms with Gasteiger partial charge in [0.25, 0.3) is 5.91 Å². The quantitative estimate of drug-likeness (QED) is 0.511. The Morgan fingerprint density at radius 3 is 2.92 bits per heavy atom. The van der Waals surface area contributed by atoms with Gasteiger partial charge in [-0.2, -0.15) is 4.98 Å². The molecule has 136 valence electrons. The molecule has 0 bridgehead atoms. The molecule has 0 aliphatic carbocycles. The van der Waals surface area contributed by atoms with Crippen LogP contribution in [0, 0.1) is 5.82 Å². The topological polar surface area (TPSA) is 68.0 Å². The minimum absolute atomic E-state index is 0.0557. The van der Waals surface area contributed by atoms with Gasteiger partial charge in [-0.05, 0) is 42.5 Å². The first-order valence-electron chi connectivity index (χ1n) is 8.23. The molecular weight excluding hydrogens is 421 g/mol. The number of hydrogen-bond acceptors (Lipinski definition) is 5. The molecule has 5 nitrogen and oxygen atoms in total. The third-order valence-electron chi connectivity index (χ3n) is 3.74. The normalized spacial score (nSPS) is 10.8. The van der Waals surface area contributed by atoms with E-state index in [0.717, 1.165) is 24.1 Å². The molecule has 2 heterocycles. The van der Waals surface area contributed by atoms with Crippen molar-refractivity contribution in [1.29, 1.82) is 0 Å². The van der Waals surface area contributed by atoms with Crippen LogP contribution in [0.25, 0.3) is 10.7 Å². The van der Waals surface area contributed by atoms with Crippen LogP contribution in [0.4, 0.5) is 4.39 Å². The summed E-state index contributed by atoms with van der Waals surface area (Å²) in [4.78, 5) is 17.3. The zero-order chi connectivity index (χ0) is 18.4. The molecule has 1 N–H and O–H groups in total. The van der Waals surface area contributed by atoms with Gasteiger partial charge in [-0.1, -0.05) is 33.6 Å². The van der Waals surface area contributed by atoms with Crippen molar-refractivity contribution >= 4 is 33.2 Å². The van der Waals surface area contributed by atoms with E-state index >= 15 is 0 Å². The number of halogens is 2. The highest BCUT2D eigenvalue weighted by Crippen LogP contribution is 2.21. The van der Waals surface area contributed by atoms with Crippen LogP contribution in [0.5, 0.6) is 0 Å². The van der Waals surface area contributed by atoms with Crippen LogP contribution < -0.4 is 5.32 Å². The molecule has 3 rings (SSSR count). The lowest BCUT2D eigenvalue weighted by atomic mass is 10.1. The van der Waals surface area contributed by atoms with Crippen molar-refractivity contribution in [3.8, 4) is 10.7 Å². The summed E-state index contributed by atoms with van der Waals surface area (Å²) >= 11 is 4.74. The molecule has 0 unspecified atom stereocenters. The van der Waals surface area contributed by atoms with Gasteiger partial charge in [0.15, 0.2) is 0 Å². The summed E-state index contributed by atoms with van der Waals surface area (Å²) in [6.07, 6.45) is 3.29. The number of unbranched alkanes of at least 4 members (excludes halogenated alkanes) is 2. The zero-order valence-corrected chi connectivity index (χ0v) is 16.3. The zero-order valence-electron chi connectivity index (χ0n) is 13.9. The number of carbonyl (C=O) groups excluding carboxylic acids is 1. The smallest absolute Gasteiger partial charge is 0.254 e. The van der Waals surface area contributed by atoms with E-state index < -0.39 is 11.7 Å². The number of nitrogens with one attached hydrogen (secondary N) is 1. The molecule has 0 aliphatic rings. The molecule has 0 saturated carbocycles. The van der Waals surface area contributed by atoms with Gasteiger partial charge in [-0.15, -0.1) is 11.3 Å². The molecule has 0 atom stereocenters. The summed E-state index contributed by atoms with van der Waals surface area (Å²) in [5.74, 6) is 0.315. The molecule has 0 aliphatic heterocycles. The monoisotopic (exact) mass is 437 g/mol. The fraction of sp³-hybridized carbons (Fsp3) is 0.278. The lowest BCUT2D eigenvalue weighted by Gasteiger charge is -2.06. The Morgan fingerprint density at radius 1 is 1.27 bits per heavy atom. The van der Waals surface area contributed by atoms with Crippen LogP contribution >= 0.6 is 27.3 Å². The number of amides is 1. The van der Waals surface area contributed by atoms with Crippen LogP contribution in [0.2, 0.25) is 0 Å². The molecule has 0 radical (unpaired) electrons. The van der Waals surface area contributed by atoms with Crippen molar-refractivity contribution in [1.82, 2.24) is 15.5 Å². The van der Waals surface area contributed by atoms with E-state index in [1.54, 1.807) is 17.4 Å². The fourth-order valence-corrected chi connectivity index (χ4v) is 3.39. The maximum Gasteiger partial charge on any atom is 0.254 e. The highest BCUT2D eigenvalue weighted by molar-refractivity contribution is 9.10. The standard InChI is InChI=1S/C18H17BrFN3O2S/c19-12-7-8-13(14(20)11-12)18(24)21-9-3-1-2-6-16-22-17(23-25-16)15-5-4-10-26-15/h4-5,7-8,10-11H,1-3,6,9H2,(H,21,24).